The van der Waals surface area contributed by atoms with E-state index >= 15 is 0 Å². The second-order valence-electron chi connectivity index (χ2n) is 6.49. The molecule has 3 rings (SSSR count). The van der Waals surface area contributed by atoms with Gasteiger partial charge >= 0.3 is 0 Å². The molecule has 5 nitrogen and oxygen atoms in total. The molecule has 0 unspecified atom stereocenters. The summed E-state index contributed by atoms with van der Waals surface area (Å²) in [5.74, 6) is 0.0589. The molecule has 1 aromatic heterocycles. The van der Waals surface area contributed by atoms with Crippen LogP contribution in [0.2, 0.25) is 0 Å². The minimum atomic E-state index is 0.0589. The largest absolute Gasteiger partial charge is 0.332 e. The van der Waals surface area contributed by atoms with Gasteiger partial charge in [0.1, 0.15) is 12.0 Å². The molecule has 2 fully saturated rings. The van der Waals surface area contributed by atoms with Gasteiger partial charge in [-0.25, -0.2) is 9.97 Å². The van der Waals surface area contributed by atoms with Gasteiger partial charge in [0.05, 0.1) is 6.04 Å². The minimum Gasteiger partial charge on any atom is -0.332 e. The van der Waals surface area contributed by atoms with Crippen LogP contribution in [-0.2, 0) is 0 Å². The molecule has 21 heavy (non-hydrogen) atoms. The molecule has 2 aliphatic heterocycles. The molecule has 0 aliphatic carbocycles. The fraction of sp³-hybridized carbons (Fsp3) is 0.688. The summed E-state index contributed by atoms with van der Waals surface area (Å²) in [6.07, 6.45) is 8.84. The Morgan fingerprint density at radius 1 is 1.33 bits per heavy atom. The van der Waals surface area contributed by atoms with Gasteiger partial charge in [0.2, 0.25) is 0 Å². The second kappa shape index (κ2) is 5.72. The van der Waals surface area contributed by atoms with E-state index in [4.69, 9.17) is 0 Å². The molecular formula is C16H24N4O. The molecule has 0 saturated carbocycles. The van der Waals surface area contributed by atoms with Crippen LogP contribution in [0.3, 0.4) is 0 Å². The summed E-state index contributed by atoms with van der Waals surface area (Å²) < 4.78 is 0. The number of nitrogens with zero attached hydrogens (tertiary/aromatic N) is 4. The minimum absolute atomic E-state index is 0.0589. The summed E-state index contributed by atoms with van der Waals surface area (Å²) in [4.78, 5) is 25.4. The highest BCUT2D eigenvalue weighted by atomic mass is 16.2. The average Bonchev–Trinajstić information content (AvgIpc) is 2.66. The fourth-order valence-electron chi connectivity index (χ4n) is 3.93. The summed E-state index contributed by atoms with van der Waals surface area (Å²) in [5.41, 5.74) is 0.610. The van der Waals surface area contributed by atoms with Gasteiger partial charge in [-0.15, -0.1) is 0 Å². The molecule has 2 saturated heterocycles. The number of likely N-dealkylation sites (N-methyl/N-ethyl adjacent to an activating group) is 1. The Labute approximate surface area is 126 Å². The third-order valence-corrected chi connectivity index (χ3v) is 5.33. The number of carbonyl (C=O) groups excluding carboxylic acids is 1. The molecule has 3 heterocycles. The maximum absolute atomic E-state index is 12.8. The van der Waals surface area contributed by atoms with Gasteiger partial charge in [-0.3, -0.25) is 9.69 Å². The number of hydrogen-bond acceptors (Lipinski definition) is 4. The Bertz CT molecular complexity index is 506. The average molecular weight is 288 g/mol. The lowest BCUT2D eigenvalue weighted by atomic mass is 9.80. The first-order chi connectivity index (χ1) is 10.1. The zero-order valence-electron chi connectivity index (χ0n) is 13.0. The van der Waals surface area contributed by atoms with Crippen molar-refractivity contribution in [2.45, 2.75) is 50.6 Å². The van der Waals surface area contributed by atoms with E-state index in [2.05, 4.69) is 33.7 Å². The quantitative estimate of drug-likeness (QED) is 0.792. The van der Waals surface area contributed by atoms with Gasteiger partial charge in [-0.2, -0.15) is 0 Å². The molecule has 0 N–H and O–H groups in total. The predicted octanol–water partition coefficient (Wildman–Crippen LogP) is 1.96. The first-order valence-corrected chi connectivity index (χ1v) is 7.91. The molecule has 0 bridgehead atoms. The fourth-order valence-corrected chi connectivity index (χ4v) is 3.93. The first-order valence-electron chi connectivity index (χ1n) is 7.91. The number of amides is 1. The van der Waals surface area contributed by atoms with Crippen molar-refractivity contribution in [3.63, 3.8) is 0 Å². The summed E-state index contributed by atoms with van der Waals surface area (Å²) in [7, 11) is 2.21. The summed E-state index contributed by atoms with van der Waals surface area (Å²) >= 11 is 0. The normalized spacial score (nSPS) is 30.6. The van der Waals surface area contributed by atoms with Gasteiger partial charge in [-0.1, -0.05) is 6.42 Å². The van der Waals surface area contributed by atoms with Crippen LogP contribution in [0.5, 0.6) is 0 Å². The van der Waals surface area contributed by atoms with Gasteiger partial charge < -0.3 is 4.90 Å². The standard InChI is InChI=1S/C16H24N4O/c1-16-8-5-11-20(14(16)6-3-4-10-19(16)2)15(21)13-7-9-17-12-18-13/h7,9,12,14H,3-6,8,10-11H2,1-2H3/t14-,16-/m0/s1. The monoisotopic (exact) mass is 288 g/mol. The Balaban J connectivity index is 1.90. The molecule has 1 amide bonds. The van der Waals surface area contributed by atoms with E-state index in [9.17, 15) is 4.79 Å². The Hall–Kier alpha value is -1.49. The van der Waals surface area contributed by atoms with Crippen LogP contribution >= 0.6 is 0 Å². The van der Waals surface area contributed by atoms with E-state index in [0.29, 0.717) is 11.7 Å². The Morgan fingerprint density at radius 3 is 2.95 bits per heavy atom. The summed E-state index contributed by atoms with van der Waals surface area (Å²) in [5, 5.41) is 0. The molecule has 2 aliphatic rings. The highest BCUT2D eigenvalue weighted by Crippen LogP contribution is 2.37. The van der Waals surface area contributed by atoms with Crippen LogP contribution in [0.4, 0.5) is 0 Å². The van der Waals surface area contributed by atoms with Crippen LogP contribution in [-0.4, -0.2) is 57.4 Å². The van der Waals surface area contributed by atoms with Crippen LogP contribution in [0.1, 0.15) is 49.5 Å². The van der Waals surface area contributed by atoms with Crippen LogP contribution in [0.25, 0.3) is 0 Å². The molecule has 2 atom stereocenters. The van der Waals surface area contributed by atoms with E-state index in [-0.39, 0.29) is 11.4 Å². The lowest BCUT2D eigenvalue weighted by molar-refractivity contribution is -0.00367. The summed E-state index contributed by atoms with van der Waals surface area (Å²) in [6.45, 7) is 4.29. The zero-order chi connectivity index (χ0) is 14.9. The van der Waals surface area contributed by atoms with E-state index < -0.39 is 0 Å². The van der Waals surface area contributed by atoms with Crippen LogP contribution in [0.15, 0.2) is 18.6 Å². The number of piperidine rings is 1. The van der Waals surface area contributed by atoms with Crippen molar-refractivity contribution >= 4 is 5.91 Å². The number of rotatable bonds is 1. The smallest absolute Gasteiger partial charge is 0.272 e. The third kappa shape index (κ3) is 2.55. The topological polar surface area (TPSA) is 49.3 Å². The van der Waals surface area contributed by atoms with Crippen molar-refractivity contribution in [1.29, 1.82) is 0 Å². The third-order valence-electron chi connectivity index (χ3n) is 5.33. The first kappa shape index (κ1) is 14.4. The van der Waals surface area contributed by atoms with Crippen molar-refractivity contribution in [2.24, 2.45) is 0 Å². The molecule has 1 aromatic rings. The van der Waals surface area contributed by atoms with Gasteiger partial charge in [0.25, 0.3) is 5.91 Å². The number of aromatic nitrogens is 2. The van der Waals surface area contributed by atoms with E-state index in [1.807, 2.05) is 0 Å². The van der Waals surface area contributed by atoms with E-state index in [0.717, 1.165) is 25.9 Å². The van der Waals surface area contributed by atoms with Crippen molar-refractivity contribution in [1.82, 2.24) is 19.8 Å². The highest BCUT2D eigenvalue weighted by Gasteiger charge is 2.46. The maximum Gasteiger partial charge on any atom is 0.272 e. The molecular weight excluding hydrogens is 264 g/mol. The molecule has 114 valence electrons. The van der Waals surface area contributed by atoms with Crippen molar-refractivity contribution in [3.05, 3.63) is 24.3 Å². The molecule has 0 spiro atoms. The molecule has 0 aromatic carbocycles. The van der Waals surface area contributed by atoms with Gasteiger partial charge in [0, 0.05) is 18.3 Å². The lowest BCUT2D eigenvalue weighted by Crippen LogP contribution is -2.63. The van der Waals surface area contributed by atoms with Crippen LogP contribution in [0, 0.1) is 0 Å². The highest BCUT2D eigenvalue weighted by molar-refractivity contribution is 5.92. The lowest BCUT2D eigenvalue weighted by Gasteiger charge is -2.51. The van der Waals surface area contributed by atoms with Crippen LogP contribution < -0.4 is 0 Å². The van der Waals surface area contributed by atoms with Crippen molar-refractivity contribution < 1.29 is 4.79 Å². The van der Waals surface area contributed by atoms with Crippen molar-refractivity contribution in [3.8, 4) is 0 Å². The SMILES string of the molecule is CN1CCCC[C@@H]2N(C(=O)c3ccncn3)CCC[C@@]21C. The zero-order valence-corrected chi connectivity index (χ0v) is 13.0. The number of likely N-dealkylation sites (tertiary alicyclic amines) is 2. The predicted molar refractivity (Wildman–Crippen MR) is 81.0 cm³/mol. The Morgan fingerprint density at radius 2 is 2.19 bits per heavy atom. The number of fused-ring (bicyclic) bond motifs is 1. The number of hydrogen-bond donors (Lipinski definition) is 0. The summed E-state index contributed by atoms with van der Waals surface area (Å²) in [6, 6.07) is 2.01. The molecule has 0 radical (unpaired) electrons. The van der Waals surface area contributed by atoms with Gasteiger partial charge in [0.15, 0.2) is 0 Å². The second-order valence-corrected chi connectivity index (χ2v) is 6.49. The van der Waals surface area contributed by atoms with Crippen molar-refractivity contribution in [2.75, 3.05) is 20.1 Å². The van der Waals surface area contributed by atoms with Gasteiger partial charge in [-0.05, 0) is 52.3 Å². The molecule has 5 heteroatoms. The Kier molecular flexibility index (Phi) is 3.93. The maximum atomic E-state index is 12.8. The van der Waals surface area contributed by atoms with E-state index in [1.54, 1.807) is 12.3 Å². The number of carbonyl (C=O) groups is 1. The van der Waals surface area contributed by atoms with E-state index in [1.165, 1.54) is 25.6 Å².